The van der Waals surface area contributed by atoms with Gasteiger partial charge in [-0.25, -0.2) is 4.79 Å². The summed E-state index contributed by atoms with van der Waals surface area (Å²) in [5.41, 5.74) is 0. The first-order valence-electron chi connectivity index (χ1n) is 7.89. The molecule has 0 saturated carbocycles. The van der Waals surface area contributed by atoms with E-state index >= 15 is 0 Å². The quantitative estimate of drug-likeness (QED) is 0.215. The molecule has 1 fully saturated rings. The van der Waals surface area contributed by atoms with Crippen molar-refractivity contribution in [1.29, 1.82) is 0 Å². The van der Waals surface area contributed by atoms with E-state index in [1.807, 2.05) is 0 Å². The molecule has 0 bridgehead atoms. The number of aliphatic hydroxyl groups is 1. The summed E-state index contributed by atoms with van der Waals surface area (Å²) in [6, 6.07) is -3.85. The summed E-state index contributed by atoms with van der Waals surface area (Å²) in [6.45, 7) is 1.46. The molecule has 1 aliphatic heterocycles. The van der Waals surface area contributed by atoms with Gasteiger partial charge in [-0.15, -0.1) is 0 Å². The van der Waals surface area contributed by atoms with Gasteiger partial charge < -0.3 is 31.5 Å². The smallest absolute Gasteiger partial charge is 0.327 e. The first kappa shape index (κ1) is 21.2. The van der Waals surface area contributed by atoms with E-state index in [4.69, 9.17) is 5.11 Å². The summed E-state index contributed by atoms with van der Waals surface area (Å²) in [5.74, 6) is -3.26. The van der Waals surface area contributed by atoms with Crippen molar-refractivity contribution in [2.45, 2.75) is 43.9 Å². The fraction of sp³-hybridized carbons (Fsp3) is 0.714. The van der Waals surface area contributed by atoms with Gasteiger partial charge in [0.05, 0.1) is 12.6 Å². The van der Waals surface area contributed by atoms with E-state index in [2.05, 4.69) is 33.9 Å². The average molecular weight is 376 g/mol. The maximum Gasteiger partial charge on any atom is 0.327 e. The van der Waals surface area contributed by atoms with Crippen LogP contribution < -0.4 is 21.3 Å². The Morgan fingerprint density at radius 1 is 1.16 bits per heavy atom. The van der Waals surface area contributed by atoms with Gasteiger partial charge in [-0.05, 0) is 26.3 Å². The molecule has 6 N–H and O–H groups in total. The Morgan fingerprint density at radius 2 is 1.80 bits per heavy atom. The van der Waals surface area contributed by atoms with E-state index < -0.39 is 42.5 Å². The normalized spacial score (nSPS) is 20.2. The standard InChI is InChI=1S/C14H24N4O6S/c1-7(16-12(21)8-3-2-4-15-8)11(20)17-9(5-19)13(22)18-10(6-25)14(23)24/h7-10,15,19,25H,2-6H2,1H3,(H,16,21)(H,17,20)(H,18,22)(H,23,24). The maximum atomic E-state index is 12.1. The topological polar surface area (TPSA) is 157 Å². The molecule has 0 aromatic rings. The Morgan fingerprint density at radius 3 is 2.28 bits per heavy atom. The van der Waals surface area contributed by atoms with Crippen molar-refractivity contribution in [2.75, 3.05) is 18.9 Å². The third-order valence-corrected chi connectivity index (χ3v) is 4.11. The van der Waals surface area contributed by atoms with Gasteiger partial charge in [0.2, 0.25) is 17.7 Å². The van der Waals surface area contributed by atoms with Crippen LogP contribution in [0.25, 0.3) is 0 Å². The molecule has 25 heavy (non-hydrogen) atoms. The number of rotatable bonds is 9. The lowest BCUT2D eigenvalue weighted by molar-refractivity contribution is -0.141. The molecule has 4 unspecified atom stereocenters. The molecule has 1 heterocycles. The van der Waals surface area contributed by atoms with E-state index in [0.29, 0.717) is 6.42 Å². The summed E-state index contributed by atoms with van der Waals surface area (Å²) in [6.07, 6.45) is 1.56. The lowest BCUT2D eigenvalue weighted by atomic mass is 10.2. The number of carbonyl (C=O) groups excluding carboxylic acids is 3. The van der Waals surface area contributed by atoms with Crippen LogP contribution in [0.4, 0.5) is 0 Å². The van der Waals surface area contributed by atoms with Crippen molar-refractivity contribution < 1.29 is 29.4 Å². The van der Waals surface area contributed by atoms with Gasteiger partial charge in [-0.3, -0.25) is 14.4 Å². The number of hydrogen-bond acceptors (Lipinski definition) is 7. The molecule has 0 aromatic carbocycles. The number of nitrogens with one attached hydrogen (secondary N) is 4. The molecule has 4 atom stereocenters. The van der Waals surface area contributed by atoms with E-state index in [-0.39, 0.29) is 17.7 Å². The molecular formula is C14H24N4O6S. The second kappa shape index (κ2) is 10.2. The molecule has 11 heteroatoms. The Balaban J connectivity index is 2.54. The van der Waals surface area contributed by atoms with Crippen LogP contribution in [0.1, 0.15) is 19.8 Å². The molecular weight excluding hydrogens is 352 g/mol. The number of carbonyl (C=O) groups is 4. The molecule has 0 spiro atoms. The first-order valence-corrected chi connectivity index (χ1v) is 8.52. The van der Waals surface area contributed by atoms with Crippen LogP contribution in [0, 0.1) is 0 Å². The van der Waals surface area contributed by atoms with Crippen molar-refractivity contribution in [2.24, 2.45) is 0 Å². The predicted octanol–water partition coefficient (Wildman–Crippen LogP) is -2.78. The maximum absolute atomic E-state index is 12.1. The second-order valence-electron chi connectivity index (χ2n) is 5.70. The van der Waals surface area contributed by atoms with Gasteiger partial charge in [0.1, 0.15) is 18.1 Å². The highest BCUT2D eigenvalue weighted by Gasteiger charge is 2.29. The highest BCUT2D eigenvalue weighted by Crippen LogP contribution is 2.05. The molecule has 1 aliphatic rings. The molecule has 0 radical (unpaired) electrons. The van der Waals surface area contributed by atoms with Crippen LogP contribution in [0.15, 0.2) is 0 Å². The lowest BCUT2D eigenvalue weighted by Gasteiger charge is -2.22. The molecule has 3 amide bonds. The number of thiol groups is 1. The van der Waals surface area contributed by atoms with Gasteiger partial charge in [-0.1, -0.05) is 0 Å². The average Bonchev–Trinajstić information content (AvgIpc) is 3.11. The van der Waals surface area contributed by atoms with E-state index in [1.54, 1.807) is 0 Å². The Labute approximate surface area is 150 Å². The minimum atomic E-state index is -1.34. The van der Waals surface area contributed by atoms with Crippen molar-refractivity contribution in [3.63, 3.8) is 0 Å². The number of carboxylic acids is 1. The monoisotopic (exact) mass is 376 g/mol. The van der Waals surface area contributed by atoms with Crippen LogP contribution in [-0.2, 0) is 19.2 Å². The minimum Gasteiger partial charge on any atom is -0.480 e. The minimum absolute atomic E-state index is 0.145. The van der Waals surface area contributed by atoms with Crippen LogP contribution in [0.2, 0.25) is 0 Å². The zero-order valence-electron chi connectivity index (χ0n) is 13.8. The SMILES string of the molecule is CC(NC(=O)C1CCCN1)C(=O)NC(CO)C(=O)NC(CS)C(=O)O. The van der Waals surface area contributed by atoms with Crippen molar-refractivity contribution in [1.82, 2.24) is 21.3 Å². The molecule has 142 valence electrons. The number of carboxylic acid groups (broad SMARTS) is 1. The third-order valence-electron chi connectivity index (χ3n) is 3.74. The van der Waals surface area contributed by atoms with Gasteiger partial charge in [0, 0.05) is 5.75 Å². The summed E-state index contributed by atoms with van der Waals surface area (Å²) in [4.78, 5) is 46.9. The zero-order valence-corrected chi connectivity index (χ0v) is 14.7. The van der Waals surface area contributed by atoms with E-state index in [1.165, 1.54) is 6.92 Å². The number of amides is 3. The Bertz CT molecular complexity index is 512. The molecule has 0 aliphatic carbocycles. The predicted molar refractivity (Wildman–Crippen MR) is 91.1 cm³/mol. The van der Waals surface area contributed by atoms with Gasteiger partial charge >= 0.3 is 5.97 Å². The lowest BCUT2D eigenvalue weighted by Crippen LogP contribution is -2.57. The summed E-state index contributed by atoms with van der Waals surface area (Å²) in [7, 11) is 0. The zero-order chi connectivity index (χ0) is 19.0. The molecule has 1 saturated heterocycles. The largest absolute Gasteiger partial charge is 0.480 e. The highest BCUT2D eigenvalue weighted by molar-refractivity contribution is 7.80. The van der Waals surface area contributed by atoms with Gasteiger partial charge in [0.15, 0.2) is 0 Å². The van der Waals surface area contributed by atoms with Crippen LogP contribution in [0.5, 0.6) is 0 Å². The van der Waals surface area contributed by atoms with E-state index in [0.717, 1.165) is 13.0 Å². The number of aliphatic hydroxyl groups excluding tert-OH is 1. The van der Waals surface area contributed by atoms with Crippen LogP contribution in [0.3, 0.4) is 0 Å². The second-order valence-corrected chi connectivity index (χ2v) is 6.07. The Kier molecular flexibility index (Phi) is 8.66. The summed E-state index contributed by atoms with van der Waals surface area (Å²) >= 11 is 3.81. The van der Waals surface area contributed by atoms with Crippen LogP contribution in [-0.4, -0.2) is 77.0 Å². The molecule has 1 rings (SSSR count). The number of hydrogen-bond donors (Lipinski definition) is 7. The van der Waals surface area contributed by atoms with Crippen molar-refractivity contribution in [3.05, 3.63) is 0 Å². The summed E-state index contributed by atoms with van der Waals surface area (Å²) < 4.78 is 0. The molecule has 0 aromatic heterocycles. The number of aliphatic carboxylic acids is 1. The Hall–Kier alpha value is -1.85. The molecule has 10 nitrogen and oxygen atoms in total. The third kappa shape index (κ3) is 6.52. The first-order chi connectivity index (χ1) is 11.8. The van der Waals surface area contributed by atoms with Crippen molar-refractivity contribution in [3.8, 4) is 0 Å². The fourth-order valence-corrected chi connectivity index (χ4v) is 2.48. The van der Waals surface area contributed by atoms with Crippen molar-refractivity contribution >= 4 is 36.3 Å². The van der Waals surface area contributed by atoms with Crippen LogP contribution >= 0.6 is 12.6 Å². The van der Waals surface area contributed by atoms with Gasteiger partial charge in [0.25, 0.3) is 0 Å². The van der Waals surface area contributed by atoms with E-state index in [9.17, 15) is 24.3 Å². The summed E-state index contributed by atoms with van der Waals surface area (Å²) in [5, 5.41) is 28.1. The highest BCUT2D eigenvalue weighted by atomic mass is 32.1. The van der Waals surface area contributed by atoms with Gasteiger partial charge in [-0.2, -0.15) is 12.6 Å². The fourth-order valence-electron chi connectivity index (χ4n) is 2.24.